The minimum atomic E-state index is -0.000438. The molecular weight excluding hydrogens is 414 g/mol. The molecule has 0 saturated carbocycles. The number of nitrogens with zero attached hydrogens (tertiary/aromatic N) is 4. The summed E-state index contributed by atoms with van der Waals surface area (Å²) in [4.78, 5) is 19.9. The zero-order valence-corrected chi connectivity index (χ0v) is 18.6. The standard InChI is InChI=1S/C23H26ClN5O2/c1-14-21(24)15(2)29-22(26-14)19-11-28(12-20(19)27-29)23(30)18-8-4-3-6-16(18)13-31-17-7-5-9-25-10-17/h3-4,6,8,17,25H,5,7,9-13H2,1-2H3. The van der Waals surface area contributed by atoms with E-state index in [0.29, 0.717) is 30.3 Å². The fourth-order valence-corrected chi connectivity index (χ4v) is 4.57. The second kappa shape index (κ2) is 8.22. The first-order valence-electron chi connectivity index (χ1n) is 10.8. The van der Waals surface area contributed by atoms with Crippen LogP contribution < -0.4 is 5.32 Å². The molecule has 1 fully saturated rings. The molecule has 5 rings (SSSR count). The fraction of sp³-hybridized carbons (Fsp3) is 0.435. The molecule has 1 saturated heterocycles. The number of hydrogen-bond acceptors (Lipinski definition) is 5. The number of aryl methyl sites for hydroxylation is 2. The summed E-state index contributed by atoms with van der Waals surface area (Å²) in [5.74, 6) is -0.000438. The van der Waals surface area contributed by atoms with E-state index in [4.69, 9.17) is 16.3 Å². The van der Waals surface area contributed by atoms with Crippen molar-refractivity contribution in [2.45, 2.75) is 52.5 Å². The van der Waals surface area contributed by atoms with Crippen molar-refractivity contribution < 1.29 is 9.53 Å². The third kappa shape index (κ3) is 3.71. The van der Waals surface area contributed by atoms with Crippen molar-refractivity contribution in [2.24, 2.45) is 0 Å². The number of piperidine rings is 1. The van der Waals surface area contributed by atoms with E-state index >= 15 is 0 Å². The van der Waals surface area contributed by atoms with Crippen LogP contribution in [0.4, 0.5) is 0 Å². The largest absolute Gasteiger partial charge is 0.372 e. The third-order valence-electron chi connectivity index (χ3n) is 6.22. The molecule has 3 aromatic rings. The molecule has 4 heterocycles. The predicted octanol–water partition coefficient (Wildman–Crippen LogP) is 3.42. The van der Waals surface area contributed by atoms with Crippen molar-refractivity contribution >= 4 is 23.2 Å². The van der Waals surface area contributed by atoms with Crippen LogP contribution in [0, 0.1) is 13.8 Å². The average molecular weight is 440 g/mol. The van der Waals surface area contributed by atoms with Gasteiger partial charge in [-0.3, -0.25) is 4.79 Å². The van der Waals surface area contributed by atoms with Gasteiger partial charge >= 0.3 is 0 Å². The zero-order chi connectivity index (χ0) is 21.5. The molecule has 0 radical (unpaired) electrons. The predicted molar refractivity (Wildman–Crippen MR) is 118 cm³/mol. The van der Waals surface area contributed by atoms with E-state index < -0.39 is 0 Å². The third-order valence-corrected chi connectivity index (χ3v) is 6.76. The van der Waals surface area contributed by atoms with Crippen LogP contribution in [-0.4, -0.2) is 44.6 Å². The number of aromatic nitrogens is 3. The minimum Gasteiger partial charge on any atom is -0.372 e. The number of hydrogen-bond donors (Lipinski definition) is 1. The van der Waals surface area contributed by atoms with E-state index in [0.717, 1.165) is 59.8 Å². The van der Waals surface area contributed by atoms with Gasteiger partial charge in [0.15, 0.2) is 5.65 Å². The first-order chi connectivity index (χ1) is 15.0. The molecule has 1 N–H and O–H groups in total. The van der Waals surface area contributed by atoms with Crippen LogP contribution in [0.3, 0.4) is 0 Å². The van der Waals surface area contributed by atoms with Gasteiger partial charge in [-0.15, -0.1) is 0 Å². The summed E-state index contributed by atoms with van der Waals surface area (Å²) in [5.41, 5.74) is 5.93. The number of benzene rings is 1. The SMILES string of the molecule is Cc1nc2c3c(nn2c(C)c1Cl)CN(C(=O)c1ccccc1COC1CCCNC1)C3. The molecule has 0 bridgehead atoms. The van der Waals surface area contributed by atoms with Crippen molar-refractivity contribution in [1.82, 2.24) is 24.8 Å². The molecule has 0 spiro atoms. The fourth-order valence-electron chi connectivity index (χ4n) is 4.45. The van der Waals surface area contributed by atoms with Gasteiger partial charge in [0, 0.05) is 17.7 Å². The van der Waals surface area contributed by atoms with Crippen LogP contribution in [0.5, 0.6) is 0 Å². The maximum Gasteiger partial charge on any atom is 0.254 e. The highest BCUT2D eigenvalue weighted by Crippen LogP contribution is 2.30. The number of nitrogens with one attached hydrogen (secondary N) is 1. The Hall–Kier alpha value is -2.48. The van der Waals surface area contributed by atoms with E-state index in [1.165, 1.54) is 0 Å². The van der Waals surface area contributed by atoms with E-state index in [1.807, 2.05) is 43.0 Å². The smallest absolute Gasteiger partial charge is 0.254 e. The van der Waals surface area contributed by atoms with Gasteiger partial charge in [-0.1, -0.05) is 29.8 Å². The Morgan fingerprint density at radius 3 is 2.94 bits per heavy atom. The molecule has 1 unspecified atom stereocenters. The summed E-state index contributed by atoms with van der Waals surface area (Å²) in [6.07, 6.45) is 2.38. The maximum atomic E-state index is 13.4. The number of rotatable bonds is 4. The monoisotopic (exact) mass is 439 g/mol. The zero-order valence-electron chi connectivity index (χ0n) is 17.8. The van der Waals surface area contributed by atoms with Crippen LogP contribution >= 0.6 is 11.6 Å². The number of fused-ring (bicyclic) bond motifs is 3. The summed E-state index contributed by atoms with van der Waals surface area (Å²) in [7, 11) is 0. The second-order valence-corrected chi connectivity index (χ2v) is 8.73. The lowest BCUT2D eigenvalue weighted by molar-refractivity contribution is 0.0246. The van der Waals surface area contributed by atoms with E-state index in [1.54, 1.807) is 4.52 Å². The highest BCUT2D eigenvalue weighted by atomic mass is 35.5. The van der Waals surface area contributed by atoms with Crippen molar-refractivity contribution in [2.75, 3.05) is 13.1 Å². The number of amides is 1. The first-order valence-corrected chi connectivity index (χ1v) is 11.1. The van der Waals surface area contributed by atoms with Gasteiger partial charge in [-0.2, -0.15) is 5.10 Å². The summed E-state index contributed by atoms with van der Waals surface area (Å²) in [6, 6.07) is 7.72. The number of carbonyl (C=O) groups is 1. The first kappa shape index (κ1) is 20.4. The molecule has 1 aromatic carbocycles. The van der Waals surface area contributed by atoms with E-state index in [9.17, 15) is 4.79 Å². The molecule has 2 aromatic heterocycles. The van der Waals surface area contributed by atoms with Crippen molar-refractivity contribution in [1.29, 1.82) is 0 Å². The van der Waals surface area contributed by atoms with Crippen molar-refractivity contribution in [3.8, 4) is 0 Å². The molecule has 162 valence electrons. The lowest BCUT2D eigenvalue weighted by Crippen LogP contribution is -2.35. The van der Waals surface area contributed by atoms with Crippen LogP contribution in [0.1, 0.15) is 51.4 Å². The van der Waals surface area contributed by atoms with E-state index in [-0.39, 0.29) is 12.0 Å². The van der Waals surface area contributed by atoms with Crippen LogP contribution in [-0.2, 0) is 24.4 Å². The van der Waals surface area contributed by atoms with Gasteiger partial charge in [-0.05, 0) is 44.9 Å². The summed E-state index contributed by atoms with van der Waals surface area (Å²) >= 11 is 6.34. The molecule has 2 aliphatic heterocycles. The highest BCUT2D eigenvalue weighted by Gasteiger charge is 2.31. The lowest BCUT2D eigenvalue weighted by Gasteiger charge is -2.24. The Labute approximate surface area is 186 Å². The summed E-state index contributed by atoms with van der Waals surface area (Å²) in [6.45, 7) is 7.15. The van der Waals surface area contributed by atoms with Crippen LogP contribution in [0.25, 0.3) is 5.65 Å². The summed E-state index contributed by atoms with van der Waals surface area (Å²) in [5, 5.41) is 8.68. The number of halogens is 1. The van der Waals surface area contributed by atoms with E-state index in [2.05, 4.69) is 15.4 Å². The topological polar surface area (TPSA) is 71.8 Å². The summed E-state index contributed by atoms with van der Waals surface area (Å²) < 4.78 is 7.89. The quantitative estimate of drug-likeness (QED) is 0.674. The lowest BCUT2D eigenvalue weighted by atomic mass is 10.1. The average Bonchev–Trinajstić information content (AvgIpc) is 3.36. The minimum absolute atomic E-state index is 0.000438. The van der Waals surface area contributed by atoms with Gasteiger partial charge in [0.25, 0.3) is 5.91 Å². The Balaban J connectivity index is 1.36. The van der Waals surface area contributed by atoms with Crippen LogP contribution in [0.2, 0.25) is 5.02 Å². The Bertz CT molecular complexity index is 1150. The van der Waals surface area contributed by atoms with Gasteiger partial charge in [-0.25, -0.2) is 9.50 Å². The van der Waals surface area contributed by atoms with Gasteiger partial charge in [0.1, 0.15) is 0 Å². The molecule has 8 heteroatoms. The van der Waals surface area contributed by atoms with Crippen molar-refractivity contribution in [3.05, 3.63) is 63.1 Å². The van der Waals surface area contributed by atoms with Gasteiger partial charge in [0.2, 0.25) is 0 Å². The van der Waals surface area contributed by atoms with Gasteiger partial charge in [0.05, 0.1) is 47.9 Å². The second-order valence-electron chi connectivity index (χ2n) is 8.35. The number of carbonyl (C=O) groups excluding carboxylic acids is 1. The Kier molecular flexibility index (Phi) is 5.42. The molecule has 2 aliphatic rings. The molecule has 1 atom stereocenters. The Morgan fingerprint density at radius 2 is 2.13 bits per heavy atom. The highest BCUT2D eigenvalue weighted by molar-refractivity contribution is 6.31. The maximum absolute atomic E-state index is 13.4. The molecule has 7 nitrogen and oxygen atoms in total. The normalized spacial score (nSPS) is 18.5. The van der Waals surface area contributed by atoms with Crippen molar-refractivity contribution in [3.63, 3.8) is 0 Å². The van der Waals surface area contributed by atoms with Crippen LogP contribution in [0.15, 0.2) is 24.3 Å². The van der Waals surface area contributed by atoms with Gasteiger partial charge < -0.3 is 15.0 Å². The molecule has 31 heavy (non-hydrogen) atoms. The number of ether oxygens (including phenoxy) is 1. The molecule has 1 amide bonds. The molecular formula is C23H26ClN5O2. The Morgan fingerprint density at radius 1 is 1.29 bits per heavy atom. The molecule has 0 aliphatic carbocycles.